The van der Waals surface area contributed by atoms with Crippen molar-refractivity contribution in [1.82, 2.24) is 20.1 Å². The Hall–Kier alpha value is -3.22. The number of hydrogen-bond donors (Lipinski definition) is 2. The average molecular weight is 422 g/mol. The Morgan fingerprint density at radius 1 is 1.06 bits per heavy atom. The Morgan fingerprint density at radius 2 is 1.74 bits per heavy atom. The third-order valence-corrected chi connectivity index (χ3v) is 5.28. The minimum absolute atomic E-state index is 0.151. The fraction of sp³-hybridized carbons (Fsp3) is 0.417. The minimum Gasteiger partial charge on any atom is -0.355 e. The average Bonchev–Trinajstić information content (AvgIpc) is 3.05. The van der Waals surface area contributed by atoms with Crippen molar-refractivity contribution < 1.29 is 9.59 Å². The topological polar surface area (TPSA) is 88.9 Å². The zero-order valence-corrected chi connectivity index (χ0v) is 19.5. The first-order valence-electron chi connectivity index (χ1n) is 10.5. The Labute approximate surface area is 183 Å². The van der Waals surface area contributed by atoms with Crippen molar-refractivity contribution >= 4 is 28.5 Å². The number of fused-ring (bicyclic) bond motifs is 1. The normalized spacial score (nSPS) is 11.8. The number of carbonyl (C=O) groups excluding carboxylic acids is 2. The number of nitrogens with one attached hydrogen (secondary N) is 2. The summed E-state index contributed by atoms with van der Waals surface area (Å²) >= 11 is 0. The molecule has 0 saturated carbocycles. The second-order valence-corrected chi connectivity index (χ2v) is 9.18. The van der Waals surface area contributed by atoms with Gasteiger partial charge in [-0.3, -0.25) is 9.59 Å². The standard InChI is InChI=1S/C24H31N5O2/c1-13(2)18-12-17(20-15(4)28-29(21(20)26-18)24(5,6)7)23(31)27-19-11-16(22(30)25-8)10-9-14(19)3/h9-13H,1-8H3,(H,25,30)(H,27,31). The zero-order valence-electron chi connectivity index (χ0n) is 19.5. The van der Waals surface area contributed by atoms with E-state index in [1.807, 2.05) is 30.7 Å². The van der Waals surface area contributed by atoms with Crippen LogP contribution >= 0.6 is 0 Å². The third-order valence-electron chi connectivity index (χ3n) is 5.28. The van der Waals surface area contributed by atoms with Gasteiger partial charge in [0.2, 0.25) is 0 Å². The highest BCUT2D eigenvalue weighted by Crippen LogP contribution is 2.30. The Bertz CT molecular complexity index is 1170. The van der Waals surface area contributed by atoms with Gasteiger partial charge in [-0.25, -0.2) is 9.67 Å². The molecule has 0 aliphatic rings. The molecule has 0 spiro atoms. The fourth-order valence-electron chi connectivity index (χ4n) is 3.48. The summed E-state index contributed by atoms with van der Waals surface area (Å²) in [4.78, 5) is 30.3. The molecule has 7 nitrogen and oxygen atoms in total. The van der Waals surface area contributed by atoms with Gasteiger partial charge in [0.05, 0.1) is 22.2 Å². The first kappa shape index (κ1) is 22.5. The number of nitrogens with zero attached hydrogens (tertiary/aromatic N) is 3. The summed E-state index contributed by atoms with van der Waals surface area (Å²) in [5.41, 5.74) is 4.51. The second-order valence-electron chi connectivity index (χ2n) is 9.18. The SMILES string of the molecule is CNC(=O)c1ccc(C)c(NC(=O)c2cc(C(C)C)nc3c2c(C)nn3C(C)(C)C)c1. The van der Waals surface area contributed by atoms with E-state index in [4.69, 9.17) is 10.1 Å². The highest BCUT2D eigenvalue weighted by Gasteiger charge is 2.25. The van der Waals surface area contributed by atoms with Gasteiger partial charge in [0.25, 0.3) is 11.8 Å². The van der Waals surface area contributed by atoms with Crippen LogP contribution in [0.2, 0.25) is 0 Å². The van der Waals surface area contributed by atoms with Gasteiger partial charge in [-0.1, -0.05) is 19.9 Å². The number of hydrogen-bond acceptors (Lipinski definition) is 4. The monoisotopic (exact) mass is 421 g/mol. The molecule has 0 bridgehead atoms. The summed E-state index contributed by atoms with van der Waals surface area (Å²) in [5.74, 6) is -0.299. The summed E-state index contributed by atoms with van der Waals surface area (Å²) in [7, 11) is 1.58. The Balaban J connectivity index is 2.15. The van der Waals surface area contributed by atoms with E-state index in [2.05, 4.69) is 45.3 Å². The molecule has 0 aliphatic heterocycles. The molecule has 0 saturated heterocycles. The van der Waals surface area contributed by atoms with Gasteiger partial charge >= 0.3 is 0 Å². The van der Waals surface area contributed by atoms with Crippen molar-refractivity contribution in [3.63, 3.8) is 0 Å². The van der Waals surface area contributed by atoms with E-state index >= 15 is 0 Å². The number of carbonyl (C=O) groups is 2. The smallest absolute Gasteiger partial charge is 0.256 e. The number of benzene rings is 1. The van der Waals surface area contributed by atoms with Crippen molar-refractivity contribution in [3.8, 4) is 0 Å². The lowest BCUT2D eigenvalue weighted by molar-refractivity contribution is 0.0961. The largest absolute Gasteiger partial charge is 0.355 e. The minimum atomic E-state index is -0.276. The molecule has 2 amide bonds. The van der Waals surface area contributed by atoms with Crippen LogP contribution in [-0.4, -0.2) is 33.6 Å². The van der Waals surface area contributed by atoms with Crippen LogP contribution in [0.1, 0.15) is 78.2 Å². The molecule has 0 unspecified atom stereocenters. The van der Waals surface area contributed by atoms with Crippen LogP contribution in [0.25, 0.3) is 11.0 Å². The van der Waals surface area contributed by atoms with E-state index in [9.17, 15) is 9.59 Å². The Morgan fingerprint density at radius 3 is 2.32 bits per heavy atom. The van der Waals surface area contributed by atoms with Crippen molar-refractivity contribution in [2.75, 3.05) is 12.4 Å². The van der Waals surface area contributed by atoms with Crippen LogP contribution in [0.5, 0.6) is 0 Å². The molecule has 31 heavy (non-hydrogen) atoms. The van der Waals surface area contributed by atoms with E-state index in [0.29, 0.717) is 22.5 Å². The summed E-state index contributed by atoms with van der Waals surface area (Å²) in [6, 6.07) is 7.11. The van der Waals surface area contributed by atoms with E-state index in [1.54, 1.807) is 19.2 Å². The van der Waals surface area contributed by atoms with Gasteiger partial charge < -0.3 is 10.6 Å². The summed E-state index contributed by atoms with van der Waals surface area (Å²) in [5, 5.41) is 11.1. The number of pyridine rings is 1. The van der Waals surface area contributed by atoms with Gasteiger partial charge in [-0.2, -0.15) is 5.10 Å². The number of aromatic nitrogens is 3. The van der Waals surface area contributed by atoms with Crippen molar-refractivity contribution in [3.05, 3.63) is 52.3 Å². The highest BCUT2D eigenvalue weighted by atomic mass is 16.2. The maximum absolute atomic E-state index is 13.4. The molecule has 0 atom stereocenters. The lowest BCUT2D eigenvalue weighted by Gasteiger charge is -2.20. The number of amides is 2. The van der Waals surface area contributed by atoms with Gasteiger partial charge in [0.15, 0.2) is 5.65 Å². The molecular weight excluding hydrogens is 390 g/mol. The number of anilines is 1. The lowest BCUT2D eigenvalue weighted by atomic mass is 10.0. The van der Waals surface area contributed by atoms with Crippen LogP contribution in [0.3, 0.4) is 0 Å². The Kier molecular flexibility index (Phi) is 5.89. The molecule has 3 aromatic rings. The molecule has 2 heterocycles. The molecule has 2 N–H and O–H groups in total. The number of rotatable bonds is 4. The van der Waals surface area contributed by atoms with E-state index in [0.717, 1.165) is 22.3 Å². The lowest BCUT2D eigenvalue weighted by Crippen LogP contribution is -2.24. The summed E-state index contributed by atoms with van der Waals surface area (Å²) in [6.45, 7) is 14.1. The van der Waals surface area contributed by atoms with Crippen LogP contribution in [0.4, 0.5) is 5.69 Å². The van der Waals surface area contributed by atoms with Crippen molar-refractivity contribution in [1.29, 1.82) is 0 Å². The molecule has 3 rings (SSSR count). The molecule has 164 valence electrons. The molecule has 7 heteroatoms. The van der Waals surface area contributed by atoms with Crippen LogP contribution in [0, 0.1) is 13.8 Å². The molecule has 0 aliphatic carbocycles. The molecule has 1 aromatic carbocycles. The maximum atomic E-state index is 13.4. The van der Waals surface area contributed by atoms with Gasteiger partial charge in [0, 0.05) is 24.0 Å². The summed E-state index contributed by atoms with van der Waals surface area (Å²) < 4.78 is 1.89. The predicted octanol–water partition coefficient (Wildman–Crippen LogP) is 4.54. The van der Waals surface area contributed by atoms with Gasteiger partial charge in [0.1, 0.15) is 0 Å². The number of aryl methyl sites for hydroxylation is 2. The zero-order chi connectivity index (χ0) is 23.1. The molecular formula is C24H31N5O2. The first-order valence-corrected chi connectivity index (χ1v) is 10.5. The van der Waals surface area contributed by atoms with E-state index in [-0.39, 0.29) is 23.3 Å². The van der Waals surface area contributed by atoms with Gasteiger partial charge in [-0.15, -0.1) is 0 Å². The molecule has 0 fully saturated rings. The second kappa shape index (κ2) is 8.13. The van der Waals surface area contributed by atoms with E-state index in [1.165, 1.54) is 0 Å². The summed E-state index contributed by atoms with van der Waals surface area (Å²) in [6.07, 6.45) is 0. The van der Waals surface area contributed by atoms with Crippen LogP contribution in [-0.2, 0) is 5.54 Å². The predicted molar refractivity (Wildman–Crippen MR) is 124 cm³/mol. The quantitative estimate of drug-likeness (QED) is 0.647. The van der Waals surface area contributed by atoms with Crippen LogP contribution < -0.4 is 10.6 Å². The molecule has 0 radical (unpaired) electrons. The van der Waals surface area contributed by atoms with E-state index < -0.39 is 0 Å². The van der Waals surface area contributed by atoms with Gasteiger partial charge in [-0.05, 0) is 64.3 Å². The van der Waals surface area contributed by atoms with Crippen LogP contribution in [0.15, 0.2) is 24.3 Å². The maximum Gasteiger partial charge on any atom is 0.256 e. The third kappa shape index (κ3) is 4.31. The van der Waals surface area contributed by atoms with Crippen molar-refractivity contribution in [2.24, 2.45) is 0 Å². The molecule has 2 aromatic heterocycles. The first-order chi connectivity index (χ1) is 14.4. The highest BCUT2D eigenvalue weighted by molar-refractivity contribution is 6.13. The fourth-order valence-corrected chi connectivity index (χ4v) is 3.48. The van der Waals surface area contributed by atoms with Crippen molar-refractivity contribution in [2.45, 2.75) is 59.9 Å².